The van der Waals surface area contributed by atoms with Gasteiger partial charge in [-0.25, -0.2) is 4.79 Å². The van der Waals surface area contributed by atoms with Crippen LogP contribution in [0.5, 0.6) is 0 Å². The second-order valence-corrected chi connectivity index (χ2v) is 6.39. The molecule has 0 saturated heterocycles. The van der Waals surface area contributed by atoms with E-state index in [2.05, 4.69) is 10.4 Å². The summed E-state index contributed by atoms with van der Waals surface area (Å²) in [6.45, 7) is 1.99. The van der Waals surface area contributed by atoms with Crippen LogP contribution in [-0.2, 0) is 16.1 Å². The minimum absolute atomic E-state index is 0.256. The van der Waals surface area contributed by atoms with Crippen molar-refractivity contribution in [3.8, 4) is 0 Å². The number of nitrogens with zero attached hydrogens (tertiary/aromatic N) is 2. The summed E-state index contributed by atoms with van der Waals surface area (Å²) in [5, 5.41) is 6.77. The summed E-state index contributed by atoms with van der Waals surface area (Å²) in [5.74, 6) is -1.70. The zero-order valence-electron chi connectivity index (χ0n) is 15.7. The molecule has 0 spiro atoms. The van der Waals surface area contributed by atoms with Gasteiger partial charge in [0.15, 0.2) is 6.10 Å². The number of anilines is 1. The maximum atomic E-state index is 12.3. The Balaban J connectivity index is 1.55. The lowest BCUT2D eigenvalue weighted by Gasteiger charge is -2.13. The molecule has 1 atom stereocenters. The van der Waals surface area contributed by atoms with E-state index in [1.165, 1.54) is 25.3 Å². The third-order valence-corrected chi connectivity index (χ3v) is 4.15. The summed E-state index contributed by atoms with van der Waals surface area (Å²) in [6.07, 6.45) is 1.96. The van der Waals surface area contributed by atoms with Gasteiger partial charge in [-0.1, -0.05) is 30.3 Å². The molecular weight excluding hydrogens is 372 g/mol. The molecule has 8 heteroatoms. The third kappa shape index (κ3) is 5.29. The van der Waals surface area contributed by atoms with Gasteiger partial charge in [0.25, 0.3) is 5.91 Å². The lowest BCUT2D eigenvalue weighted by molar-refractivity contribution is -0.123. The highest BCUT2D eigenvalue weighted by Crippen LogP contribution is 2.11. The van der Waals surface area contributed by atoms with Gasteiger partial charge in [-0.2, -0.15) is 5.10 Å². The zero-order valence-corrected chi connectivity index (χ0v) is 15.7. The molecule has 3 aromatic rings. The highest BCUT2D eigenvalue weighted by Gasteiger charge is 2.20. The first-order valence-electron chi connectivity index (χ1n) is 8.90. The molecule has 3 N–H and O–H groups in total. The third-order valence-electron chi connectivity index (χ3n) is 4.15. The SMILES string of the molecule is CC(OC(=O)c1cnn(Cc2ccccc2)c1)C(=O)Nc1ccc(C(N)=O)cc1. The molecule has 0 fully saturated rings. The molecule has 0 radical (unpaired) electrons. The molecule has 0 aliphatic rings. The van der Waals surface area contributed by atoms with E-state index in [1.807, 2.05) is 30.3 Å². The molecule has 0 bridgehead atoms. The Bertz CT molecular complexity index is 1010. The van der Waals surface area contributed by atoms with Crippen LogP contribution in [0.15, 0.2) is 67.0 Å². The number of nitrogens with two attached hydrogens (primary N) is 1. The second-order valence-electron chi connectivity index (χ2n) is 6.39. The van der Waals surface area contributed by atoms with E-state index in [0.29, 0.717) is 17.8 Å². The topological polar surface area (TPSA) is 116 Å². The minimum Gasteiger partial charge on any atom is -0.449 e. The lowest BCUT2D eigenvalue weighted by atomic mass is 10.2. The van der Waals surface area contributed by atoms with E-state index in [-0.39, 0.29) is 5.56 Å². The Kier molecular flexibility index (Phi) is 6.03. The molecule has 1 aromatic heterocycles. The summed E-state index contributed by atoms with van der Waals surface area (Å²) >= 11 is 0. The van der Waals surface area contributed by atoms with Crippen molar-refractivity contribution >= 4 is 23.5 Å². The van der Waals surface area contributed by atoms with Crippen molar-refractivity contribution in [2.45, 2.75) is 19.6 Å². The van der Waals surface area contributed by atoms with Crippen LogP contribution < -0.4 is 11.1 Å². The number of ether oxygens (including phenoxy) is 1. The number of amides is 2. The van der Waals surface area contributed by atoms with Crippen LogP contribution >= 0.6 is 0 Å². The highest BCUT2D eigenvalue weighted by molar-refractivity contribution is 5.98. The van der Waals surface area contributed by atoms with Crippen molar-refractivity contribution in [3.05, 3.63) is 83.7 Å². The first-order valence-corrected chi connectivity index (χ1v) is 8.90. The number of carbonyl (C=O) groups excluding carboxylic acids is 3. The largest absolute Gasteiger partial charge is 0.449 e. The number of nitrogens with one attached hydrogen (secondary N) is 1. The molecule has 1 unspecified atom stereocenters. The number of benzene rings is 2. The van der Waals surface area contributed by atoms with Crippen molar-refractivity contribution in [3.63, 3.8) is 0 Å². The van der Waals surface area contributed by atoms with Gasteiger partial charge in [0.05, 0.1) is 18.3 Å². The number of hydrogen-bond acceptors (Lipinski definition) is 5. The number of rotatable bonds is 7. The maximum absolute atomic E-state index is 12.3. The molecular formula is C21H20N4O4. The van der Waals surface area contributed by atoms with Crippen LogP contribution in [0.1, 0.15) is 33.2 Å². The van der Waals surface area contributed by atoms with Gasteiger partial charge in [0.1, 0.15) is 0 Å². The number of aromatic nitrogens is 2. The molecule has 3 rings (SSSR count). The van der Waals surface area contributed by atoms with Gasteiger partial charge in [0, 0.05) is 17.4 Å². The molecule has 2 aromatic carbocycles. The van der Waals surface area contributed by atoms with Crippen molar-refractivity contribution < 1.29 is 19.1 Å². The minimum atomic E-state index is -1.02. The van der Waals surface area contributed by atoms with Crippen LogP contribution in [0.4, 0.5) is 5.69 Å². The molecule has 0 aliphatic carbocycles. The molecule has 1 heterocycles. The quantitative estimate of drug-likeness (QED) is 0.598. The lowest BCUT2D eigenvalue weighted by Crippen LogP contribution is -2.30. The van der Waals surface area contributed by atoms with E-state index < -0.39 is 23.9 Å². The molecule has 148 valence electrons. The fourth-order valence-corrected chi connectivity index (χ4v) is 2.57. The summed E-state index contributed by atoms with van der Waals surface area (Å²) < 4.78 is 6.84. The Morgan fingerprint density at radius 3 is 2.41 bits per heavy atom. The standard InChI is InChI=1S/C21H20N4O4/c1-14(20(27)24-18-9-7-16(8-10-18)19(22)26)29-21(28)17-11-23-25(13-17)12-15-5-3-2-4-6-15/h2-11,13-14H,12H2,1H3,(H2,22,26)(H,24,27). The van der Waals surface area contributed by atoms with Crippen LogP contribution in [0.3, 0.4) is 0 Å². The first-order chi connectivity index (χ1) is 13.9. The predicted octanol–water partition coefficient (Wildman–Crippen LogP) is 2.21. The fraction of sp³-hybridized carbons (Fsp3) is 0.143. The van der Waals surface area contributed by atoms with Crippen LogP contribution in [0.2, 0.25) is 0 Å². The highest BCUT2D eigenvalue weighted by atomic mass is 16.5. The van der Waals surface area contributed by atoms with Crippen LogP contribution in [0.25, 0.3) is 0 Å². The Labute approximate surface area is 167 Å². The Morgan fingerprint density at radius 1 is 1.07 bits per heavy atom. The van der Waals surface area contributed by atoms with Crippen molar-refractivity contribution in [2.75, 3.05) is 5.32 Å². The second kappa shape index (κ2) is 8.83. The normalized spacial score (nSPS) is 11.5. The molecule has 0 saturated carbocycles. The van der Waals surface area contributed by atoms with E-state index in [4.69, 9.17) is 10.5 Å². The van der Waals surface area contributed by atoms with Gasteiger partial charge in [0.2, 0.25) is 5.91 Å². The maximum Gasteiger partial charge on any atom is 0.342 e. The van der Waals surface area contributed by atoms with Crippen molar-refractivity contribution in [1.82, 2.24) is 9.78 Å². The summed E-state index contributed by atoms with van der Waals surface area (Å²) in [4.78, 5) is 35.6. The Hall–Kier alpha value is -3.94. The smallest absolute Gasteiger partial charge is 0.342 e. The van der Waals surface area contributed by atoms with Crippen molar-refractivity contribution in [2.24, 2.45) is 5.73 Å². The zero-order chi connectivity index (χ0) is 20.8. The van der Waals surface area contributed by atoms with E-state index in [1.54, 1.807) is 23.0 Å². The molecule has 0 aliphatic heterocycles. The summed E-state index contributed by atoms with van der Waals surface area (Å²) in [5.41, 5.74) is 7.27. The fourth-order valence-electron chi connectivity index (χ4n) is 2.57. The summed E-state index contributed by atoms with van der Waals surface area (Å²) in [6, 6.07) is 15.8. The van der Waals surface area contributed by atoms with Gasteiger partial charge in [-0.05, 0) is 36.8 Å². The number of esters is 1. The van der Waals surface area contributed by atoms with Gasteiger partial charge in [-0.15, -0.1) is 0 Å². The monoisotopic (exact) mass is 392 g/mol. The average Bonchev–Trinajstić information content (AvgIpc) is 3.17. The Morgan fingerprint density at radius 2 is 1.76 bits per heavy atom. The van der Waals surface area contributed by atoms with Crippen molar-refractivity contribution in [1.29, 1.82) is 0 Å². The van der Waals surface area contributed by atoms with Crippen LogP contribution in [-0.4, -0.2) is 33.7 Å². The first kappa shape index (κ1) is 19.8. The van der Waals surface area contributed by atoms with E-state index in [9.17, 15) is 14.4 Å². The average molecular weight is 392 g/mol. The van der Waals surface area contributed by atoms with Crippen LogP contribution in [0, 0.1) is 0 Å². The summed E-state index contributed by atoms with van der Waals surface area (Å²) in [7, 11) is 0. The number of primary amides is 1. The molecule has 29 heavy (non-hydrogen) atoms. The van der Waals surface area contributed by atoms with Gasteiger partial charge >= 0.3 is 5.97 Å². The van der Waals surface area contributed by atoms with Gasteiger partial charge < -0.3 is 15.8 Å². The van der Waals surface area contributed by atoms with Gasteiger partial charge in [-0.3, -0.25) is 14.3 Å². The molecule has 8 nitrogen and oxygen atoms in total. The number of hydrogen-bond donors (Lipinski definition) is 2. The van der Waals surface area contributed by atoms with E-state index in [0.717, 1.165) is 5.56 Å². The van der Waals surface area contributed by atoms with E-state index >= 15 is 0 Å². The predicted molar refractivity (Wildman–Crippen MR) is 106 cm³/mol. The number of carbonyl (C=O) groups is 3. The molecule has 2 amide bonds.